The smallest absolute Gasteiger partial charge is 0.164 e. The van der Waals surface area contributed by atoms with Gasteiger partial charge in [0.1, 0.15) is 0 Å². The topological polar surface area (TPSA) is 64.5 Å². The molecule has 12 rings (SSSR count). The van der Waals surface area contributed by atoms with Crippen LogP contribution in [0.4, 0.5) is 0 Å². The SMILES string of the molecule is c1ccc(-c2nc(-c3ccc4c(c3)sc3ccccc34)nc(-c3cccc4sc5ccc(-c6nc(-c7ccccc7)nc7c6sc6ccccc67)cc5c34)n2)cc1. The van der Waals surface area contributed by atoms with Crippen molar-refractivity contribution in [3.8, 4) is 56.8 Å². The Bertz CT molecular complexity index is 3530. The molecular weight excluding hydrogens is 755 g/mol. The summed E-state index contributed by atoms with van der Waals surface area (Å²) < 4.78 is 7.13. The van der Waals surface area contributed by atoms with Crippen molar-refractivity contribution >= 4 is 94.7 Å². The minimum Gasteiger partial charge on any atom is -0.226 e. The fourth-order valence-electron chi connectivity index (χ4n) is 7.87. The molecule has 0 saturated carbocycles. The Hall–Kier alpha value is -6.71. The van der Waals surface area contributed by atoms with Gasteiger partial charge in [-0.25, -0.2) is 24.9 Å². The van der Waals surface area contributed by atoms with E-state index in [1.54, 1.807) is 34.0 Å². The molecule has 0 fully saturated rings. The molecule has 0 N–H and O–H groups in total. The van der Waals surface area contributed by atoms with E-state index in [1.807, 2.05) is 36.4 Å². The van der Waals surface area contributed by atoms with Crippen LogP contribution in [0.3, 0.4) is 0 Å². The summed E-state index contributed by atoms with van der Waals surface area (Å²) in [5, 5.41) is 5.93. The van der Waals surface area contributed by atoms with Crippen molar-refractivity contribution in [2.75, 3.05) is 0 Å². The predicted octanol–water partition coefficient (Wildman–Crippen LogP) is 14.1. The summed E-state index contributed by atoms with van der Waals surface area (Å²) in [4.78, 5) is 26.0. The van der Waals surface area contributed by atoms with E-state index >= 15 is 0 Å². The summed E-state index contributed by atoms with van der Waals surface area (Å²) in [7, 11) is 0. The first-order valence-electron chi connectivity index (χ1n) is 18.7. The van der Waals surface area contributed by atoms with E-state index in [4.69, 9.17) is 24.9 Å². The maximum Gasteiger partial charge on any atom is 0.164 e. The van der Waals surface area contributed by atoms with Gasteiger partial charge in [-0.15, -0.1) is 34.0 Å². The van der Waals surface area contributed by atoms with Crippen LogP contribution in [0.25, 0.3) is 117 Å². The molecule has 0 radical (unpaired) electrons. The molecule has 0 aliphatic heterocycles. The Labute approximate surface area is 338 Å². The first-order chi connectivity index (χ1) is 28.2. The van der Waals surface area contributed by atoms with Crippen LogP contribution in [0.1, 0.15) is 0 Å². The van der Waals surface area contributed by atoms with Gasteiger partial charge in [-0.3, -0.25) is 0 Å². The average molecular weight is 782 g/mol. The lowest BCUT2D eigenvalue weighted by molar-refractivity contribution is 1.08. The third kappa shape index (κ3) is 5.37. The fraction of sp³-hybridized carbons (Fsp3) is 0. The maximum absolute atomic E-state index is 5.28. The number of hydrogen-bond acceptors (Lipinski definition) is 8. The minimum atomic E-state index is 0.644. The average Bonchev–Trinajstić information content (AvgIpc) is 3.97. The second-order valence-corrected chi connectivity index (χ2v) is 17.2. The molecule has 0 atom stereocenters. The van der Waals surface area contributed by atoms with Crippen molar-refractivity contribution in [1.29, 1.82) is 0 Å². The number of hydrogen-bond donors (Lipinski definition) is 0. The number of thiophene rings is 3. The minimum absolute atomic E-state index is 0.644. The summed E-state index contributed by atoms with van der Waals surface area (Å²) in [6, 6.07) is 57.3. The lowest BCUT2D eigenvalue weighted by atomic mass is 10.0. The van der Waals surface area contributed by atoms with Gasteiger partial charge in [0.25, 0.3) is 0 Å². The van der Waals surface area contributed by atoms with Crippen molar-refractivity contribution in [2.45, 2.75) is 0 Å². The molecule has 266 valence electrons. The second-order valence-electron chi connectivity index (χ2n) is 14.0. The lowest BCUT2D eigenvalue weighted by Gasteiger charge is -2.10. The fourth-order valence-corrected chi connectivity index (χ4v) is 11.3. The molecule has 0 spiro atoms. The van der Waals surface area contributed by atoms with Gasteiger partial charge in [0.2, 0.25) is 0 Å². The summed E-state index contributed by atoms with van der Waals surface area (Å²) in [6.45, 7) is 0. The molecule has 0 aliphatic carbocycles. The van der Waals surface area contributed by atoms with Gasteiger partial charge in [-0.1, -0.05) is 127 Å². The van der Waals surface area contributed by atoms with E-state index in [0.29, 0.717) is 17.5 Å². The van der Waals surface area contributed by atoms with Crippen molar-refractivity contribution < 1.29 is 0 Å². The van der Waals surface area contributed by atoms with Crippen LogP contribution in [0.2, 0.25) is 0 Å². The number of benzene rings is 7. The molecule has 12 aromatic rings. The van der Waals surface area contributed by atoms with E-state index in [9.17, 15) is 0 Å². The normalized spacial score (nSPS) is 11.9. The molecular formula is C49H27N5S3. The van der Waals surface area contributed by atoms with Crippen molar-refractivity contribution in [2.24, 2.45) is 0 Å². The highest BCUT2D eigenvalue weighted by Gasteiger charge is 2.21. The Morgan fingerprint density at radius 2 is 0.895 bits per heavy atom. The number of nitrogens with zero attached hydrogens (tertiary/aromatic N) is 5. The van der Waals surface area contributed by atoms with Crippen LogP contribution < -0.4 is 0 Å². The standard InChI is InChI=1S/C49H27N5S3/c1-3-12-28(13-4-1)46-50-43(45-44(51-46)34-17-8-10-20-38(34)57-45)30-23-25-39-36(26-30)42-35(18-11-21-40(42)55-39)49-53-47(29-14-5-2-6-15-29)52-48(54-49)31-22-24-33-32-16-7-9-19-37(32)56-41(33)27-31/h1-27H. The molecule has 5 nitrogen and oxygen atoms in total. The number of aromatic nitrogens is 5. The van der Waals surface area contributed by atoms with E-state index < -0.39 is 0 Å². The molecule has 57 heavy (non-hydrogen) atoms. The van der Waals surface area contributed by atoms with Crippen molar-refractivity contribution in [3.63, 3.8) is 0 Å². The summed E-state index contributed by atoms with van der Waals surface area (Å²) >= 11 is 5.34. The van der Waals surface area contributed by atoms with Gasteiger partial charge < -0.3 is 0 Å². The van der Waals surface area contributed by atoms with Crippen LogP contribution >= 0.6 is 34.0 Å². The van der Waals surface area contributed by atoms with E-state index in [-0.39, 0.29) is 0 Å². The first-order valence-corrected chi connectivity index (χ1v) is 21.1. The third-order valence-corrected chi connectivity index (χ3v) is 14.0. The first kappa shape index (κ1) is 32.5. The molecule has 5 heterocycles. The molecule has 5 aromatic heterocycles. The monoisotopic (exact) mass is 781 g/mol. The Morgan fingerprint density at radius 3 is 1.68 bits per heavy atom. The van der Waals surface area contributed by atoms with E-state index in [2.05, 4.69) is 127 Å². The summed E-state index contributed by atoms with van der Waals surface area (Å²) in [6.07, 6.45) is 0. The van der Waals surface area contributed by atoms with Gasteiger partial charge in [-0.2, -0.15) is 0 Å². The highest BCUT2D eigenvalue weighted by Crippen LogP contribution is 2.44. The molecule has 0 bridgehead atoms. The maximum atomic E-state index is 5.28. The van der Waals surface area contributed by atoms with E-state index in [0.717, 1.165) is 65.7 Å². The molecule has 7 aromatic carbocycles. The summed E-state index contributed by atoms with van der Waals surface area (Å²) in [5.41, 5.74) is 6.84. The zero-order chi connectivity index (χ0) is 37.5. The molecule has 8 heteroatoms. The van der Waals surface area contributed by atoms with E-state index in [1.165, 1.54) is 34.3 Å². The number of fused-ring (bicyclic) bond motifs is 9. The third-order valence-electron chi connectivity index (χ3n) is 10.6. The van der Waals surface area contributed by atoms with Gasteiger partial charge >= 0.3 is 0 Å². The van der Waals surface area contributed by atoms with Crippen molar-refractivity contribution in [3.05, 3.63) is 164 Å². The zero-order valence-electron chi connectivity index (χ0n) is 30.0. The largest absolute Gasteiger partial charge is 0.226 e. The highest BCUT2D eigenvalue weighted by atomic mass is 32.1. The van der Waals surface area contributed by atoms with Gasteiger partial charge in [-0.05, 0) is 36.4 Å². The van der Waals surface area contributed by atoms with Gasteiger partial charge in [0.15, 0.2) is 23.3 Å². The second kappa shape index (κ2) is 12.9. The lowest BCUT2D eigenvalue weighted by Crippen LogP contribution is -2.00. The van der Waals surface area contributed by atoms with Gasteiger partial charge in [0, 0.05) is 78.2 Å². The zero-order valence-corrected chi connectivity index (χ0v) is 32.5. The van der Waals surface area contributed by atoms with Crippen LogP contribution in [-0.4, -0.2) is 24.9 Å². The number of rotatable bonds is 5. The van der Waals surface area contributed by atoms with Crippen LogP contribution in [0.5, 0.6) is 0 Å². The van der Waals surface area contributed by atoms with Crippen molar-refractivity contribution in [1.82, 2.24) is 24.9 Å². The predicted molar refractivity (Wildman–Crippen MR) is 241 cm³/mol. The Morgan fingerprint density at radius 1 is 0.316 bits per heavy atom. The molecule has 0 amide bonds. The van der Waals surface area contributed by atoms with Crippen LogP contribution in [-0.2, 0) is 0 Å². The molecule has 0 saturated heterocycles. The van der Waals surface area contributed by atoms with Gasteiger partial charge in [0.05, 0.1) is 15.9 Å². The van der Waals surface area contributed by atoms with Crippen LogP contribution in [0.15, 0.2) is 164 Å². The van der Waals surface area contributed by atoms with Crippen LogP contribution in [0, 0.1) is 0 Å². The molecule has 0 aliphatic rings. The summed E-state index contributed by atoms with van der Waals surface area (Å²) in [5.74, 6) is 2.66. The highest BCUT2D eigenvalue weighted by molar-refractivity contribution is 7.27. The Balaban J connectivity index is 1.08. The molecule has 0 unspecified atom stereocenters. The quantitative estimate of drug-likeness (QED) is 0.174. The Kier molecular flexibility index (Phi) is 7.38.